The Morgan fingerprint density at radius 1 is 1.16 bits per heavy atom. The van der Waals surface area contributed by atoms with Crippen molar-refractivity contribution in [3.05, 3.63) is 65.2 Å². The minimum Gasteiger partial charge on any atom is -0.354 e. The summed E-state index contributed by atoms with van der Waals surface area (Å²) in [7, 11) is 0. The van der Waals surface area contributed by atoms with Crippen molar-refractivity contribution in [2.24, 2.45) is 5.92 Å². The van der Waals surface area contributed by atoms with Gasteiger partial charge in [0.1, 0.15) is 0 Å². The van der Waals surface area contributed by atoms with Gasteiger partial charge in [-0.05, 0) is 50.1 Å². The molecule has 3 aromatic heterocycles. The molecule has 0 spiro atoms. The van der Waals surface area contributed by atoms with Crippen molar-refractivity contribution in [3.8, 4) is 17.1 Å². The second-order valence-electron chi connectivity index (χ2n) is 7.81. The van der Waals surface area contributed by atoms with Crippen molar-refractivity contribution in [2.45, 2.75) is 19.8 Å². The van der Waals surface area contributed by atoms with E-state index in [2.05, 4.69) is 30.5 Å². The van der Waals surface area contributed by atoms with E-state index in [0.717, 1.165) is 47.2 Å². The zero-order valence-electron chi connectivity index (χ0n) is 17.7. The Kier molecular flexibility index (Phi) is 5.64. The summed E-state index contributed by atoms with van der Waals surface area (Å²) in [6, 6.07) is 13.5. The predicted octanol–water partition coefficient (Wildman–Crippen LogP) is 3.95. The van der Waals surface area contributed by atoms with Crippen molar-refractivity contribution >= 4 is 28.7 Å². The largest absolute Gasteiger partial charge is 0.354 e. The molecule has 9 heteroatoms. The Hall–Kier alpha value is -3.59. The van der Waals surface area contributed by atoms with Gasteiger partial charge in [-0.25, -0.2) is 9.67 Å². The third-order valence-corrected chi connectivity index (χ3v) is 6.31. The van der Waals surface area contributed by atoms with Crippen LogP contribution in [0.2, 0.25) is 0 Å². The Balaban J connectivity index is 1.25. The molecule has 1 amide bonds. The van der Waals surface area contributed by atoms with Gasteiger partial charge in [0.15, 0.2) is 11.6 Å². The van der Waals surface area contributed by atoms with E-state index >= 15 is 0 Å². The molecule has 0 saturated carbocycles. The van der Waals surface area contributed by atoms with E-state index in [4.69, 9.17) is 0 Å². The number of hydrogen-bond donors (Lipinski definition) is 1. The molecule has 4 aromatic rings. The number of amides is 1. The number of aryl methyl sites for hydroxylation is 1. The van der Waals surface area contributed by atoms with Gasteiger partial charge in [0.2, 0.25) is 5.91 Å². The highest BCUT2D eigenvalue weighted by Gasteiger charge is 2.27. The minimum absolute atomic E-state index is 0.0300. The van der Waals surface area contributed by atoms with Crippen molar-refractivity contribution in [1.29, 1.82) is 0 Å². The summed E-state index contributed by atoms with van der Waals surface area (Å²) in [6.45, 7) is 3.47. The van der Waals surface area contributed by atoms with Crippen LogP contribution in [0, 0.1) is 12.8 Å². The van der Waals surface area contributed by atoms with Gasteiger partial charge in [0.25, 0.3) is 0 Å². The molecular formula is C23H23N7OS. The molecule has 162 valence electrons. The average molecular weight is 446 g/mol. The standard InChI is InChI=1S/C23H23N7OS/c1-16-25-20(15-32-16)17-5-2-7-19(13-17)26-23(31)18-6-3-11-29(14-18)21-8-9-22(28-27-21)30-12-4-10-24-30/h2,4-5,7-10,12-13,15,18H,3,6,11,14H2,1H3,(H,26,31). The van der Waals surface area contributed by atoms with Crippen LogP contribution in [-0.2, 0) is 4.79 Å². The Labute approximate surface area is 189 Å². The first-order valence-electron chi connectivity index (χ1n) is 10.6. The van der Waals surface area contributed by atoms with Gasteiger partial charge in [-0.2, -0.15) is 5.10 Å². The average Bonchev–Trinajstić information content (AvgIpc) is 3.52. The lowest BCUT2D eigenvalue weighted by molar-refractivity contribution is -0.120. The van der Waals surface area contributed by atoms with Crippen LogP contribution >= 0.6 is 11.3 Å². The number of piperidine rings is 1. The molecule has 1 aromatic carbocycles. The van der Waals surface area contributed by atoms with Crippen molar-refractivity contribution in [1.82, 2.24) is 25.0 Å². The van der Waals surface area contributed by atoms with Gasteiger partial charge < -0.3 is 10.2 Å². The summed E-state index contributed by atoms with van der Waals surface area (Å²) in [5.74, 6) is 1.36. The zero-order chi connectivity index (χ0) is 21.9. The van der Waals surface area contributed by atoms with Crippen LogP contribution in [-0.4, -0.2) is 44.0 Å². The summed E-state index contributed by atoms with van der Waals surface area (Å²) in [4.78, 5) is 19.7. The number of nitrogens with one attached hydrogen (secondary N) is 1. The predicted molar refractivity (Wildman–Crippen MR) is 125 cm³/mol. The van der Waals surface area contributed by atoms with Gasteiger partial charge >= 0.3 is 0 Å². The number of thiazole rings is 1. The Morgan fingerprint density at radius 2 is 2.03 bits per heavy atom. The number of benzene rings is 1. The fourth-order valence-electron chi connectivity index (χ4n) is 3.91. The molecule has 1 atom stereocenters. The highest BCUT2D eigenvalue weighted by atomic mass is 32.1. The van der Waals surface area contributed by atoms with E-state index < -0.39 is 0 Å². The SMILES string of the molecule is Cc1nc(-c2cccc(NC(=O)C3CCCN(c4ccc(-n5cccn5)nn4)C3)c2)cs1. The monoisotopic (exact) mass is 445 g/mol. The second-order valence-corrected chi connectivity index (χ2v) is 8.87. The van der Waals surface area contributed by atoms with Crippen molar-refractivity contribution in [2.75, 3.05) is 23.3 Å². The molecule has 1 unspecified atom stereocenters. The van der Waals surface area contributed by atoms with Crippen molar-refractivity contribution < 1.29 is 4.79 Å². The molecule has 1 saturated heterocycles. The molecular weight excluding hydrogens is 422 g/mol. The number of carbonyl (C=O) groups excluding carboxylic acids is 1. The number of anilines is 2. The maximum Gasteiger partial charge on any atom is 0.229 e. The second kappa shape index (κ2) is 8.88. The molecule has 5 rings (SSSR count). The van der Waals surface area contributed by atoms with Gasteiger partial charge in [0.05, 0.1) is 16.6 Å². The van der Waals surface area contributed by atoms with Gasteiger partial charge in [-0.1, -0.05) is 12.1 Å². The molecule has 1 N–H and O–H groups in total. The Bertz CT molecular complexity index is 1200. The maximum absolute atomic E-state index is 13.0. The summed E-state index contributed by atoms with van der Waals surface area (Å²) < 4.78 is 1.67. The lowest BCUT2D eigenvalue weighted by Gasteiger charge is -2.32. The molecule has 0 radical (unpaired) electrons. The molecule has 8 nitrogen and oxygen atoms in total. The topological polar surface area (TPSA) is 88.8 Å². The number of rotatable bonds is 5. The van der Waals surface area contributed by atoms with Gasteiger partial charge in [-0.3, -0.25) is 4.79 Å². The summed E-state index contributed by atoms with van der Waals surface area (Å²) in [5, 5.41) is 19.0. The first-order valence-corrected chi connectivity index (χ1v) is 11.5. The van der Waals surface area contributed by atoms with E-state index in [-0.39, 0.29) is 11.8 Å². The molecule has 1 aliphatic heterocycles. The Morgan fingerprint density at radius 3 is 2.78 bits per heavy atom. The first kappa shape index (κ1) is 20.3. The van der Waals surface area contributed by atoms with E-state index in [1.165, 1.54) is 0 Å². The van der Waals surface area contributed by atoms with E-state index in [1.54, 1.807) is 22.2 Å². The first-order chi connectivity index (χ1) is 15.7. The van der Waals surface area contributed by atoms with Crippen LogP contribution in [0.15, 0.2) is 60.2 Å². The lowest BCUT2D eigenvalue weighted by Crippen LogP contribution is -2.41. The van der Waals surface area contributed by atoms with Crippen LogP contribution in [0.4, 0.5) is 11.5 Å². The molecule has 4 heterocycles. The van der Waals surface area contributed by atoms with Crippen LogP contribution in [0.1, 0.15) is 17.8 Å². The minimum atomic E-state index is -0.110. The quantitative estimate of drug-likeness (QED) is 0.500. The van der Waals surface area contributed by atoms with Crippen LogP contribution in [0.3, 0.4) is 0 Å². The van der Waals surface area contributed by atoms with Crippen LogP contribution < -0.4 is 10.2 Å². The summed E-state index contributed by atoms with van der Waals surface area (Å²) in [5.41, 5.74) is 2.73. The fraction of sp³-hybridized carbons (Fsp3) is 0.261. The highest BCUT2D eigenvalue weighted by molar-refractivity contribution is 7.09. The third-order valence-electron chi connectivity index (χ3n) is 5.54. The van der Waals surface area contributed by atoms with Crippen LogP contribution in [0.25, 0.3) is 17.1 Å². The molecule has 1 fully saturated rings. The normalized spacial score (nSPS) is 16.2. The fourth-order valence-corrected chi connectivity index (χ4v) is 4.53. The maximum atomic E-state index is 13.0. The van der Waals surface area contributed by atoms with E-state index in [0.29, 0.717) is 12.4 Å². The number of carbonyl (C=O) groups is 1. The number of hydrogen-bond acceptors (Lipinski definition) is 7. The number of nitrogens with zero attached hydrogens (tertiary/aromatic N) is 6. The summed E-state index contributed by atoms with van der Waals surface area (Å²) >= 11 is 1.62. The van der Waals surface area contributed by atoms with E-state index in [1.807, 2.05) is 61.0 Å². The molecule has 1 aliphatic rings. The summed E-state index contributed by atoms with van der Waals surface area (Å²) in [6.07, 6.45) is 5.32. The van der Waals surface area contributed by atoms with Gasteiger partial charge in [-0.15, -0.1) is 21.5 Å². The lowest BCUT2D eigenvalue weighted by atomic mass is 9.97. The number of aromatic nitrogens is 5. The highest BCUT2D eigenvalue weighted by Crippen LogP contribution is 2.26. The molecule has 0 bridgehead atoms. The molecule has 32 heavy (non-hydrogen) atoms. The zero-order valence-corrected chi connectivity index (χ0v) is 18.5. The molecule has 0 aliphatic carbocycles. The smallest absolute Gasteiger partial charge is 0.229 e. The van der Waals surface area contributed by atoms with E-state index in [9.17, 15) is 4.79 Å². The third kappa shape index (κ3) is 4.38. The van der Waals surface area contributed by atoms with Crippen molar-refractivity contribution in [3.63, 3.8) is 0 Å². The van der Waals surface area contributed by atoms with Gasteiger partial charge in [0, 0.05) is 42.1 Å². The van der Waals surface area contributed by atoms with Crippen LogP contribution in [0.5, 0.6) is 0 Å².